The van der Waals surface area contributed by atoms with Crippen LogP contribution in [0.2, 0.25) is 0 Å². The van der Waals surface area contributed by atoms with Crippen LogP contribution in [0.15, 0.2) is 84.9 Å². The van der Waals surface area contributed by atoms with Crippen molar-refractivity contribution in [3.63, 3.8) is 0 Å². The van der Waals surface area contributed by atoms with Crippen LogP contribution in [0.1, 0.15) is 39.1 Å². The molecule has 4 nitrogen and oxygen atoms in total. The maximum Gasteiger partial charge on any atom is 0.255 e. The van der Waals surface area contributed by atoms with E-state index >= 15 is 0 Å². The number of rotatable bonds is 6. The van der Waals surface area contributed by atoms with Crippen LogP contribution in [0.4, 0.5) is 5.69 Å². The lowest BCUT2D eigenvalue weighted by molar-refractivity contribution is 0.0952. The summed E-state index contributed by atoms with van der Waals surface area (Å²) in [5, 5.41) is 5.79. The number of amides is 2. The molecular formula is C23H22N2O2. The maximum absolute atomic E-state index is 12.7. The Bertz CT molecular complexity index is 908. The zero-order valence-electron chi connectivity index (χ0n) is 15.2. The summed E-state index contributed by atoms with van der Waals surface area (Å²) in [6, 6.07) is 26.0. The van der Waals surface area contributed by atoms with E-state index < -0.39 is 0 Å². The number of carbonyl (C=O) groups is 2. The molecular weight excluding hydrogens is 336 g/mol. The van der Waals surface area contributed by atoms with E-state index in [-0.39, 0.29) is 17.7 Å². The number of anilines is 1. The molecule has 1 atom stereocenters. The van der Waals surface area contributed by atoms with Gasteiger partial charge in [-0.3, -0.25) is 9.59 Å². The molecule has 136 valence electrons. The molecule has 0 fully saturated rings. The number of nitrogens with one attached hydrogen (secondary N) is 2. The second-order valence-electron chi connectivity index (χ2n) is 6.39. The van der Waals surface area contributed by atoms with Gasteiger partial charge in [-0.1, -0.05) is 67.6 Å². The lowest BCUT2D eigenvalue weighted by atomic mass is 10.0. The summed E-state index contributed by atoms with van der Waals surface area (Å²) in [6.07, 6.45) is 0. The summed E-state index contributed by atoms with van der Waals surface area (Å²) < 4.78 is 0. The van der Waals surface area contributed by atoms with Crippen LogP contribution in [0.25, 0.3) is 0 Å². The average molecular weight is 358 g/mol. The number of benzene rings is 3. The van der Waals surface area contributed by atoms with E-state index in [4.69, 9.17) is 0 Å². The van der Waals surface area contributed by atoms with Gasteiger partial charge in [-0.25, -0.2) is 0 Å². The Morgan fingerprint density at radius 3 is 2.07 bits per heavy atom. The third-order valence-corrected chi connectivity index (χ3v) is 4.39. The highest BCUT2D eigenvalue weighted by molar-refractivity contribution is 6.08. The molecule has 0 aliphatic rings. The molecule has 3 aromatic rings. The van der Waals surface area contributed by atoms with Gasteiger partial charge in [0.1, 0.15) is 0 Å². The molecule has 0 aliphatic carbocycles. The summed E-state index contributed by atoms with van der Waals surface area (Å²) in [5.74, 6) is -0.253. The average Bonchev–Trinajstić information content (AvgIpc) is 2.73. The van der Waals surface area contributed by atoms with Gasteiger partial charge in [0.05, 0.1) is 11.3 Å². The molecule has 0 aliphatic heterocycles. The van der Waals surface area contributed by atoms with Crippen LogP contribution in [0.5, 0.6) is 0 Å². The highest BCUT2D eigenvalue weighted by Crippen LogP contribution is 2.18. The fourth-order valence-electron chi connectivity index (χ4n) is 2.81. The molecule has 2 N–H and O–H groups in total. The van der Waals surface area contributed by atoms with Gasteiger partial charge in [-0.05, 0) is 35.7 Å². The molecule has 3 aromatic carbocycles. The van der Waals surface area contributed by atoms with Gasteiger partial charge in [0.2, 0.25) is 0 Å². The minimum atomic E-state index is -0.242. The van der Waals surface area contributed by atoms with Crippen LogP contribution >= 0.6 is 0 Å². The maximum atomic E-state index is 12.7. The molecule has 0 saturated heterocycles. The Morgan fingerprint density at radius 1 is 0.778 bits per heavy atom. The van der Waals surface area contributed by atoms with Gasteiger partial charge >= 0.3 is 0 Å². The number of carbonyl (C=O) groups excluding carboxylic acids is 2. The van der Waals surface area contributed by atoms with Gasteiger partial charge in [-0.15, -0.1) is 0 Å². The van der Waals surface area contributed by atoms with Crippen molar-refractivity contribution in [2.75, 3.05) is 11.9 Å². The first-order valence-corrected chi connectivity index (χ1v) is 8.93. The monoisotopic (exact) mass is 358 g/mol. The molecule has 0 saturated carbocycles. The zero-order chi connectivity index (χ0) is 19.1. The summed E-state index contributed by atoms with van der Waals surface area (Å²) in [5.41, 5.74) is 2.66. The van der Waals surface area contributed by atoms with Gasteiger partial charge < -0.3 is 10.6 Å². The number of hydrogen-bond acceptors (Lipinski definition) is 2. The first kappa shape index (κ1) is 18.4. The SMILES string of the molecule is C[C@H](CNC(=O)c1ccccc1NC(=O)c1ccccc1)c1ccccc1. The molecule has 0 radical (unpaired) electrons. The van der Waals surface area contributed by atoms with Crippen LogP contribution in [-0.4, -0.2) is 18.4 Å². The van der Waals surface area contributed by atoms with Crippen molar-refractivity contribution in [3.8, 4) is 0 Å². The molecule has 0 spiro atoms. The minimum Gasteiger partial charge on any atom is -0.351 e. The van der Waals surface area contributed by atoms with E-state index in [1.165, 1.54) is 5.56 Å². The summed E-state index contributed by atoms with van der Waals surface area (Å²) in [7, 11) is 0. The lowest BCUT2D eigenvalue weighted by Gasteiger charge is -2.15. The van der Waals surface area contributed by atoms with Crippen molar-refractivity contribution in [2.45, 2.75) is 12.8 Å². The molecule has 4 heteroatoms. The fourth-order valence-corrected chi connectivity index (χ4v) is 2.81. The fraction of sp³-hybridized carbons (Fsp3) is 0.130. The van der Waals surface area contributed by atoms with Crippen LogP contribution < -0.4 is 10.6 Å². The predicted molar refractivity (Wildman–Crippen MR) is 108 cm³/mol. The number of para-hydroxylation sites is 1. The van der Waals surface area contributed by atoms with Crippen molar-refractivity contribution in [1.29, 1.82) is 0 Å². The lowest BCUT2D eigenvalue weighted by Crippen LogP contribution is -2.28. The van der Waals surface area contributed by atoms with Crippen molar-refractivity contribution < 1.29 is 9.59 Å². The van der Waals surface area contributed by atoms with E-state index in [1.807, 2.05) is 36.4 Å². The topological polar surface area (TPSA) is 58.2 Å². The van der Waals surface area contributed by atoms with Crippen LogP contribution in [0, 0.1) is 0 Å². The van der Waals surface area contributed by atoms with E-state index in [2.05, 4.69) is 17.6 Å². The smallest absolute Gasteiger partial charge is 0.255 e. The third-order valence-electron chi connectivity index (χ3n) is 4.39. The molecule has 2 amide bonds. The first-order chi connectivity index (χ1) is 13.1. The molecule has 0 heterocycles. The van der Waals surface area contributed by atoms with E-state index in [0.29, 0.717) is 23.4 Å². The highest BCUT2D eigenvalue weighted by Gasteiger charge is 2.15. The minimum absolute atomic E-state index is 0.196. The second kappa shape index (κ2) is 8.81. The molecule has 27 heavy (non-hydrogen) atoms. The van der Waals surface area contributed by atoms with Crippen molar-refractivity contribution >= 4 is 17.5 Å². The van der Waals surface area contributed by atoms with Crippen LogP contribution in [-0.2, 0) is 0 Å². The number of hydrogen-bond donors (Lipinski definition) is 2. The Labute approximate surface area is 159 Å². The Balaban J connectivity index is 1.68. The normalized spacial score (nSPS) is 11.4. The summed E-state index contributed by atoms with van der Waals surface area (Å²) in [4.78, 5) is 25.1. The molecule has 3 rings (SSSR count). The van der Waals surface area contributed by atoms with Crippen molar-refractivity contribution in [3.05, 3.63) is 102 Å². The second-order valence-corrected chi connectivity index (χ2v) is 6.39. The Kier molecular flexibility index (Phi) is 6.00. The van der Waals surface area contributed by atoms with Gasteiger partial charge in [-0.2, -0.15) is 0 Å². The molecule has 0 bridgehead atoms. The standard InChI is InChI=1S/C23H22N2O2/c1-17(18-10-4-2-5-11-18)16-24-23(27)20-14-8-9-15-21(20)25-22(26)19-12-6-3-7-13-19/h2-15,17H,16H2,1H3,(H,24,27)(H,25,26)/t17-/m1/s1. The van der Waals surface area contributed by atoms with Crippen LogP contribution in [0.3, 0.4) is 0 Å². The molecule has 0 aromatic heterocycles. The third kappa shape index (κ3) is 4.82. The Morgan fingerprint density at radius 2 is 1.37 bits per heavy atom. The Hall–Kier alpha value is -3.40. The summed E-state index contributed by atoms with van der Waals surface area (Å²) >= 11 is 0. The highest BCUT2D eigenvalue weighted by atomic mass is 16.2. The largest absolute Gasteiger partial charge is 0.351 e. The summed E-state index contributed by atoms with van der Waals surface area (Å²) in [6.45, 7) is 2.59. The molecule has 0 unspecified atom stereocenters. The first-order valence-electron chi connectivity index (χ1n) is 8.93. The van der Waals surface area contributed by atoms with Crippen molar-refractivity contribution in [2.24, 2.45) is 0 Å². The van der Waals surface area contributed by atoms with E-state index in [9.17, 15) is 9.59 Å². The van der Waals surface area contributed by atoms with Crippen molar-refractivity contribution in [1.82, 2.24) is 5.32 Å². The van der Waals surface area contributed by atoms with Gasteiger partial charge in [0.25, 0.3) is 11.8 Å². The van der Waals surface area contributed by atoms with Gasteiger partial charge in [0.15, 0.2) is 0 Å². The van der Waals surface area contributed by atoms with E-state index in [0.717, 1.165) is 0 Å². The van der Waals surface area contributed by atoms with E-state index in [1.54, 1.807) is 48.5 Å². The van der Waals surface area contributed by atoms with Gasteiger partial charge in [0, 0.05) is 12.1 Å². The zero-order valence-corrected chi connectivity index (χ0v) is 15.2. The predicted octanol–water partition coefficient (Wildman–Crippen LogP) is 4.47. The quantitative estimate of drug-likeness (QED) is 0.683.